The Morgan fingerprint density at radius 1 is 1.33 bits per heavy atom. The highest BCUT2D eigenvalue weighted by molar-refractivity contribution is 5.85. The number of rotatable bonds is 3. The number of aryl methyl sites for hydroxylation is 2. The molecule has 0 spiro atoms. The molecule has 2 fully saturated rings. The van der Waals surface area contributed by atoms with E-state index in [1.54, 1.807) is 7.11 Å². The van der Waals surface area contributed by atoms with Gasteiger partial charge in [-0.3, -0.25) is 4.90 Å². The molecule has 3 unspecified atom stereocenters. The molecule has 1 saturated heterocycles. The van der Waals surface area contributed by atoms with Crippen molar-refractivity contribution < 1.29 is 4.74 Å². The molecular weight excluding hydrogens is 288 g/mol. The summed E-state index contributed by atoms with van der Waals surface area (Å²) in [5.74, 6) is 2.37. The van der Waals surface area contributed by atoms with Gasteiger partial charge in [0.25, 0.3) is 0 Å². The van der Waals surface area contributed by atoms with Crippen molar-refractivity contribution in [3.8, 4) is 5.88 Å². The van der Waals surface area contributed by atoms with Crippen LogP contribution in [0.25, 0.3) is 0 Å². The van der Waals surface area contributed by atoms with Crippen LogP contribution in [0.2, 0.25) is 0 Å². The van der Waals surface area contributed by atoms with Crippen LogP contribution in [0.4, 0.5) is 0 Å². The molecule has 6 heteroatoms. The van der Waals surface area contributed by atoms with E-state index < -0.39 is 0 Å². The molecule has 1 aliphatic carbocycles. The fourth-order valence-corrected chi connectivity index (χ4v) is 4.08. The standard InChI is InChI=1S/C15H26N4O.ClH/c1-10-12(15(20-3)18(2)17-10)8-19-7-11-5-4-6-14(16)13(11)9-19;/h11,13-14H,4-9,16H2,1-3H3;1H. The Hall–Kier alpha value is -0.780. The lowest BCUT2D eigenvalue weighted by Gasteiger charge is -2.29. The smallest absolute Gasteiger partial charge is 0.216 e. The molecule has 0 radical (unpaired) electrons. The van der Waals surface area contributed by atoms with Gasteiger partial charge in [0.1, 0.15) is 0 Å². The van der Waals surface area contributed by atoms with Crippen molar-refractivity contribution >= 4 is 12.4 Å². The molecule has 21 heavy (non-hydrogen) atoms. The molecule has 1 saturated carbocycles. The Balaban J connectivity index is 0.00000161. The maximum Gasteiger partial charge on any atom is 0.216 e. The van der Waals surface area contributed by atoms with Gasteiger partial charge in [-0.15, -0.1) is 12.4 Å². The Kier molecular flexibility index (Phi) is 5.17. The van der Waals surface area contributed by atoms with Crippen LogP contribution in [-0.2, 0) is 13.6 Å². The predicted molar refractivity (Wildman–Crippen MR) is 85.8 cm³/mol. The van der Waals surface area contributed by atoms with Gasteiger partial charge in [-0.1, -0.05) is 6.42 Å². The Morgan fingerprint density at radius 2 is 2.10 bits per heavy atom. The molecule has 0 bridgehead atoms. The number of methoxy groups -OCH3 is 1. The summed E-state index contributed by atoms with van der Waals surface area (Å²) in [7, 11) is 3.66. The molecule has 2 N–H and O–H groups in total. The number of hydrogen-bond donors (Lipinski definition) is 1. The number of ether oxygens (including phenoxy) is 1. The van der Waals surface area contributed by atoms with E-state index in [0.717, 1.165) is 30.6 Å². The Labute approximate surface area is 133 Å². The summed E-state index contributed by atoms with van der Waals surface area (Å²) in [5, 5.41) is 4.47. The zero-order chi connectivity index (χ0) is 14.3. The summed E-state index contributed by atoms with van der Waals surface area (Å²) in [5.41, 5.74) is 8.59. The third-order valence-electron chi connectivity index (χ3n) is 5.09. The van der Waals surface area contributed by atoms with Crippen LogP contribution in [0, 0.1) is 18.8 Å². The average Bonchev–Trinajstić information content (AvgIpc) is 2.93. The molecule has 120 valence electrons. The van der Waals surface area contributed by atoms with Crippen molar-refractivity contribution in [3.63, 3.8) is 0 Å². The van der Waals surface area contributed by atoms with Gasteiger partial charge in [0, 0.05) is 32.7 Å². The minimum atomic E-state index is 0. The van der Waals surface area contributed by atoms with Gasteiger partial charge in [-0.25, -0.2) is 4.68 Å². The van der Waals surface area contributed by atoms with Crippen molar-refractivity contribution in [3.05, 3.63) is 11.3 Å². The first kappa shape index (κ1) is 16.6. The quantitative estimate of drug-likeness (QED) is 0.923. The first-order chi connectivity index (χ1) is 9.60. The van der Waals surface area contributed by atoms with Gasteiger partial charge < -0.3 is 10.5 Å². The number of halogens is 1. The monoisotopic (exact) mass is 314 g/mol. The van der Waals surface area contributed by atoms with E-state index in [9.17, 15) is 0 Å². The van der Waals surface area contributed by atoms with Crippen molar-refractivity contribution in [1.82, 2.24) is 14.7 Å². The van der Waals surface area contributed by atoms with Crippen LogP contribution in [0.1, 0.15) is 30.5 Å². The van der Waals surface area contributed by atoms with E-state index in [2.05, 4.69) is 16.9 Å². The zero-order valence-electron chi connectivity index (χ0n) is 13.2. The fraction of sp³-hybridized carbons (Fsp3) is 0.800. The minimum absolute atomic E-state index is 0. The van der Waals surface area contributed by atoms with Crippen molar-refractivity contribution in [1.29, 1.82) is 0 Å². The number of nitrogens with zero attached hydrogens (tertiary/aromatic N) is 3. The van der Waals surface area contributed by atoms with Crippen LogP contribution < -0.4 is 10.5 Å². The van der Waals surface area contributed by atoms with Gasteiger partial charge in [0.05, 0.1) is 18.4 Å². The van der Waals surface area contributed by atoms with Gasteiger partial charge in [0.2, 0.25) is 5.88 Å². The van der Waals surface area contributed by atoms with Gasteiger partial charge >= 0.3 is 0 Å². The molecule has 2 heterocycles. The molecule has 0 amide bonds. The van der Waals surface area contributed by atoms with Crippen LogP contribution in [-0.4, -0.2) is 40.9 Å². The molecule has 2 aliphatic rings. The molecule has 3 rings (SSSR count). The highest BCUT2D eigenvalue weighted by atomic mass is 35.5. The van der Waals surface area contributed by atoms with E-state index >= 15 is 0 Å². The van der Waals surface area contributed by atoms with Crippen LogP contribution in [0.3, 0.4) is 0 Å². The molecule has 5 nitrogen and oxygen atoms in total. The maximum absolute atomic E-state index is 6.30. The topological polar surface area (TPSA) is 56.3 Å². The number of hydrogen-bond acceptors (Lipinski definition) is 4. The molecule has 1 aromatic heterocycles. The lowest BCUT2D eigenvalue weighted by atomic mass is 9.78. The van der Waals surface area contributed by atoms with E-state index in [-0.39, 0.29) is 12.4 Å². The van der Waals surface area contributed by atoms with Crippen LogP contribution >= 0.6 is 12.4 Å². The van der Waals surface area contributed by atoms with Crippen LogP contribution in [0.15, 0.2) is 0 Å². The van der Waals surface area contributed by atoms with Crippen molar-refractivity contribution in [2.45, 2.75) is 38.8 Å². The SMILES string of the molecule is COc1c(CN2CC3CCCC(N)C3C2)c(C)nn1C.Cl. The summed E-state index contributed by atoms with van der Waals surface area (Å²) >= 11 is 0. The van der Waals surface area contributed by atoms with Gasteiger partial charge in [-0.2, -0.15) is 5.10 Å². The molecule has 0 aromatic carbocycles. The molecule has 1 aliphatic heterocycles. The molecule has 1 aromatic rings. The lowest BCUT2D eigenvalue weighted by molar-refractivity contribution is 0.259. The normalized spacial score (nSPS) is 29.0. The number of fused-ring (bicyclic) bond motifs is 1. The first-order valence-electron chi connectivity index (χ1n) is 7.64. The first-order valence-corrected chi connectivity index (χ1v) is 7.64. The highest BCUT2D eigenvalue weighted by Gasteiger charge is 2.39. The summed E-state index contributed by atoms with van der Waals surface area (Å²) in [6.45, 7) is 5.30. The van der Waals surface area contributed by atoms with Crippen molar-refractivity contribution in [2.24, 2.45) is 24.6 Å². The summed E-state index contributed by atoms with van der Waals surface area (Å²) in [4.78, 5) is 2.53. The van der Waals surface area contributed by atoms with Gasteiger partial charge in [-0.05, 0) is 31.6 Å². The third kappa shape index (κ3) is 3.05. The Morgan fingerprint density at radius 3 is 2.76 bits per heavy atom. The zero-order valence-corrected chi connectivity index (χ0v) is 14.0. The third-order valence-corrected chi connectivity index (χ3v) is 5.09. The number of likely N-dealkylation sites (tertiary alicyclic amines) is 1. The second-order valence-electron chi connectivity index (χ2n) is 6.41. The van der Waals surface area contributed by atoms with E-state index in [0.29, 0.717) is 12.0 Å². The maximum atomic E-state index is 6.30. The summed E-state index contributed by atoms with van der Waals surface area (Å²) in [6.07, 6.45) is 3.84. The molecular formula is C15H27ClN4O. The molecule has 3 atom stereocenters. The fourth-order valence-electron chi connectivity index (χ4n) is 4.08. The second kappa shape index (κ2) is 6.55. The summed E-state index contributed by atoms with van der Waals surface area (Å²) < 4.78 is 7.33. The van der Waals surface area contributed by atoms with Gasteiger partial charge in [0.15, 0.2) is 0 Å². The van der Waals surface area contributed by atoms with E-state index in [4.69, 9.17) is 10.5 Å². The average molecular weight is 315 g/mol. The summed E-state index contributed by atoms with van der Waals surface area (Å²) in [6, 6.07) is 0.399. The minimum Gasteiger partial charge on any atom is -0.481 e. The second-order valence-corrected chi connectivity index (χ2v) is 6.41. The number of nitrogens with two attached hydrogens (primary N) is 1. The van der Waals surface area contributed by atoms with E-state index in [1.165, 1.54) is 31.4 Å². The van der Waals surface area contributed by atoms with E-state index in [1.807, 2.05) is 11.7 Å². The van der Waals surface area contributed by atoms with Crippen molar-refractivity contribution in [2.75, 3.05) is 20.2 Å². The Bertz CT molecular complexity index is 490. The highest BCUT2D eigenvalue weighted by Crippen LogP contribution is 2.37. The lowest BCUT2D eigenvalue weighted by Crippen LogP contribution is -2.38. The number of aromatic nitrogens is 2. The largest absolute Gasteiger partial charge is 0.481 e. The predicted octanol–water partition coefficient (Wildman–Crippen LogP) is 1.72. The van der Waals surface area contributed by atoms with Crippen LogP contribution in [0.5, 0.6) is 5.88 Å².